The first-order valence-corrected chi connectivity index (χ1v) is 10.2. The van der Waals surface area contributed by atoms with Crippen LogP contribution in [0, 0.1) is 11.8 Å². The minimum absolute atomic E-state index is 0.161. The lowest BCUT2D eigenvalue weighted by Gasteiger charge is -2.44. The molecule has 1 amide bonds. The molecule has 2 aromatic carbocycles. The van der Waals surface area contributed by atoms with E-state index in [-0.39, 0.29) is 18.4 Å². The zero-order valence-corrected chi connectivity index (χ0v) is 17.8. The lowest BCUT2D eigenvalue weighted by atomic mass is 9.73. The second-order valence-corrected chi connectivity index (χ2v) is 8.11. The predicted molar refractivity (Wildman–Crippen MR) is 111 cm³/mol. The number of carbonyl (C=O) groups is 2. The van der Waals surface area contributed by atoms with E-state index < -0.39 is 17.4 Å². The molecule has 6 heteroatoms. The zero-order valence-electron chi connectivity index (χ0n) is 17.8. The Bertz CT molecular complexity index is 973. The monoisotopic (exact) mass is 409 g/mol. The van der Waals surface area contributed by atoms with E-state index in [0.29, 0.717) is 24.5 Å². The van der Waals surface area contributed by atoms with Gasteiger partial charge in [-0.25, -0.2) is 0 Å². The van der Waals surface area contributed by atoms with Gasteiger partial charge in [0.05, 0.1) is 19.8 Å². The number of nitrogens with zero attached hydrogens (tertiary/aromatic N) is 1. The van der Waals surface area contributed by atoms with Crippen molar-refractivity contribution < 1.29 is 23.8 Å². The maximum absolute atomic E-state index is 13.3. The number of fused-ring (bicyclic) bond motifs is 3. The molecule has 0 aliphatic carbocycles. The molecule has 1 saturated heterocycles. The van der Waals surface area contributed by atoms with Crippen LogP contribution in [-0.2, 0) is 32.9 Å². The number of esters is 1. The van der Waals surface area contributed by atoms with Crippen molar-refractivity contribution in [3.05, 3.63) is 59.2 Å². The molecule has 158 valence electrons. The number of methoxy groups -OCH3 is 2. The van der Waals surface area contributed by atoms with Gasteiger partial charge in [-0.2, -0.15) is 0 Å². The summed E-state index contributed by atoms with van der Waals surface area (Å²) in [7, 11) is 3.21. The van der Waals surface area contributed by atoms with Crippen LogP contribution in [0.5, 0.6) is 11.5 Å². The topological polar surface area (TPSA) is 65.1 Å². The van der Waals surface area contributed by atoms with Gasteiger partial charge in [0.15, 0.2) is 11.5 Å². The van der Waals surface area contributed by atoms with E-state index in [4.69, 9.17) is 14.2 Å². The van der Waals surface area contributed by atoms with Gasteiger partial charge in [-0.15, -0.1) is 0 Å². The molecule has 0 saturated carbocycles. The molecule has 3 atom stereocenters. The summed E-state index contributed by atoms with van der Waals surface area (Å²) in [6, 6.07) is 13.4. The molecule has 2 heterocycles. The number of ether oxygens (including phenoxy) is 3. The lowest BCUT2D eigenvalue weighted by molar-refractivity contribution is -0.155. The number of hydrogen-bond donors (Lipinski definition) is 0. The first-order valence-electron chi connectivity index (χ1n) is 10.2. The summed E-state index contributed by atoms with van der Waals surface area (Å²) in [5.41, 5.74) is 2.41. The molecule has 30 heavy (non-hydrogen) atoms. The van der Waals surface area contributed by atoms with Crippen LogP contribution in [0.2, 0.25) is 0 Å². The van der Waals surface area contributed by atoms with Crippen molar-refractivity contribution in [3.63, 3.8) is 0 Å². The molecular weight excluding hydrogens is 382 g/mol. The number of benzene rings is 2. The van der Waals surface area contributed by atoms with Crippen LogP contribution in [0.3, 0.4) is 0 Å². The number of hydrogen-bond acceptors (Lipinski definition) is 5. The smallest absolute Gasteiger partial charge is 0.319 e. The predicted octanol–water partition coefficient (Wildman–Crippen LogP) is 3.31. The number of rotatable bonds is 5. The van der Waals surface area contributed by atoms with E-state index in [1.54, 1.807) is 14.2 Å². The van der Waals surface area contributed by atoms with E-state index in [0.717, 1.165) is 16.7 Å². The largest absolute Gasteiger partial charge is 0.493 e. The van der Waals surface area contributed by atoms with Crippen molar-refractivity contribution in [1.82, 2.24) is 4.90 Å². The van der Waals surface area contributed by atoms with Gasteiger partial charge in [-0.1, -0.05) is 37.3 Å². The highest BCUT2D eigenvalue weighted by atomic mass is 16.5. The van der Waals surface area contributed by atoms with Crippen LogP contribution in [0.15, 0.2) is 42.5 Å². The average molecular weight is 409 g/mol. The lowest BCUT2D eigenvalue weighted by Crippen LogP contribution is -2.48. The standard InChI is InChI=1S/C24H27NO5/c1-15-21(23(27)30-14-16-8-6-5-7-9-16)22(26)25-11-10-17-12-19(28-3)20(29-4)13-18(17)24(15,25)2/h5-9,12-13,15,21H,10-11,14H2,1-4H3/t15-,21-,24-/m0/s1. The molecule has 0 radical (unpaired) electrons. The summed E-state index contributed by atoms with van der Waals surface area (Å²) in [5.74, 6) is -0.404. The van der Waals surface area contributed by atoms with Gasteiger partial charge < -0.3 is 19.1 Å². The van der Waals surface area contributed by atoms with E-state index in [1.807, 2.05) is 61.2 Å². The summed E-state index contributed by atoms with van der Waals surface area (Å²) in [5, 5.41) is 0. The molecule has 2 aliphatic heterocycles. The molecule has 1 fully saturated rings. The summed E-state index contributed by atoms with van der Waals surface area (Å²) >= 11 is 0. The fraction of sp³-hybridized carbons (Fsp3) is 0.417. The fourth-order valence-corrected chi connectivity index (χ4v) is 4.87. The van der Waals surface area contributed by atoms with E-state index in [1.165, 1.54) is 0 Å². The van der Waals surface area contributed by atoms with Crippen LogP contribution >= 0.6 is 0 Å². The molecule has 6 nitrogen and oxygen atoms in total. The van der Waals surface area contributed by atoms with Crippen LogP contribution in [0.4, 0.5) is 0 Å². The van der Waals surface area contributed by atoms with Crippen molar-refractivity contribution in [2.24, 2.45) is 11.8 Å². The highest BCUT2D eigenvalue weighted by Gasteiger charge is 2.59. The quantitative estimate of drug-likeness (QED) is 0.560. The third-order valence-corrected chi connectivity index (χ3v) is 6.72. The molecule has 0 aromatic heterocycles. The molecular formula is C24H27NO5. The Hall–Kier alpha value is -3.02. The molecule has 0 bridgehead atoms. The minimum atomic E-state index is -0.822. The summed E-state index contributed by atoms with van der Waals surface area (Å²) in [6.45, 7) is 4.71. The molecule has 0 unspecified atom stereocenters. The maximum atomic E-state index is 13.3. The molecule has 2 aromatic rings. The van der Waals surface area contributed by atoms with Gasteiger partial charge in [0, 0.05) is 12.5 Å². The Morgan fingerprint density at radius 2 is 1.80 bits per heavy atom. The van der Waals surface area contributed by atoms with E-state index in [9.17, 15) is 9.59 Å². The first kappa shape index (κ1) is 20.3. The Morgan fingerprint density at radius 3 is 2.47 bits per heavy atom. The van der Waals surface area contributed by atoms with Gasteiger partial charge in [0.2, 0.25) is 5.91 Å². The second-order valence-electron chi connectivity index (χ2n) is 8.11. The average Bonchev–Trinajstić information content (AvgIpc) is 2.97. The van der Waals surface area contributed by atoms with Crippen molar-refractivity contribution in [2.75, 3.05) is 20.8 Å². The van der Waals surface area contributed by atoms with Gasteiger partial charge in [-0.05, 0) is 42.2 Å². The van der Waals surface area contributed by atoms with E-state index in [2.05, 4.69) is 0 Å². The highest BCUT2D eigenvalue weighted by Crippen LogP contribution is 2.52. The Labute approximate surface area is 176 Å². The summed E-state index contributed by atoms with van der Waals surface area (Å²) in [6.07, 6.45) is 0.704. The van der Waals surface area contributed by atoms with Crippen LogP contribution < -0.4 is 9.47 Å². The first-order chi connectivity index (χ1) is 14.4. The van der Waals surface area contributed by atoms with E-state index >= 15 is 0 Å². The Morgan fingerprint density at radius 1 is 1.13 bits per heavy atom. The van der Waals surface area contributed by atoms with Gasteiger partial charge >= 0.3 is 5.97 Å². The molecule has 4 rings (SSSR count). The minimum Gasteiger partial charge on any atom is -0.493 e. The Balaban J connectivity index is 1.65. The maximum Gasteiger partial charge on any atom is 0.319 e. The van der Waals surface area contributed by atoms with Crippen molar-refractivity contribution in [3.8, 4) is 11.5 Å². The van der Waals surface area contributed by atoms with Crippen molar-refractivity contribution in [2.45, 2.75) is 32.4 Å². The van der Waals surface area contributed by atoms with Crippen LogP contribution in [0.25, 0.3) is 0 Å². The zero-order chi connectivity index (χ0) is 21.5. The third-order valence-electron chi connectivity index (χ3n) is 6.72. The molecule has 0 spiro atoms. The normalized spacial score (nSPS) is 24.8. The SMILES string of the molecule is COc1cc2c(cc1OC)[C@]1(C)[C@@H](C)[C@H](C(=O)OCc3ccccc3)C(=O)N1CC2. The number of carbonyl (C=O) groups excluding carboxylic acids is 2. The van der Waals surface area contributed by atoms with Crippen molar-refractivity contribution >= 4 is 11.9 Å². The summed E-state index contributed by atoms with van der Waals surface area (Å²) in [4.78, 5) is 28.0. The van der Waals surface area contributed by atoms with Crippen molar-refractivity contribution in [1.29, 1.82) is 0 Å². The van der Waals surface area contributed by atoms with Gasteiger partial charge in [0.1, 0.15) is 12.5 Å². The van der Waals surface area contributed by atoms with Gasteiger partial charge in [-0.3, -0.25) is 9.59 Å². The Kier molecular flexibility index (Phi) is 5.18. The molecule has 0 N–H and O–H groups in total. The number of amides is 1. The highest BCUT2D eigenvalue weighted by molar-refractivity contribution is 6.01. The summed E-state index contributed by atoms with van der Waals surface area (Å²) < 4.78 is 16.5. The third kappa shape index (κ3) is 3.02. The fourth-order valence-electron chi connectivity index (χ4n) is 4.87. The van der Waals surface area contributed by atoms with Crippen LogP contribution in [-0.4, -0.2) is 37.5 Å². The second kappa shape index (κ2) is 7.67. The van der Waals surface area contributed by atoms with Crippen LogP contribution in [0.1, 0.15) is 30.5 Å². The van der Waals surface area contributed by atoms with Gasteiger partial charge in [0.25, 0.3) is 0 Å². The molecule has 2 aliphatic rings.